The molecule has 92 valence electrons. The van der Waals surface area contributed by atoms with Gasteiger partial charge in [0.1, 0.15) is 0 Å². The Bertz CT molecular complexity index is 414. The lowest BCUT2D eigenvalue weighted by molar-refractivity contribution is -0.118. The van der Waals surface area contributed by atoms with E-state index in [4.69, 9.17) is 5.11 Å². The molecule has 1 saturated heterocycles. The first-order valence-corrected chi connectivity index (χ1v) is 6.78. The molecule has 1 fully saturated rings. The summed E-state index contributed by atoms with van der Waals surface area (Å²) in [6, 6.07) is 7.33. The van der Waals surface area contributed by atoms with Crippen molar-refractivity contribution < 1.29 is 9.90 Å². The second kappa shape index (κ2) is 5.10. The van der Waals surface area contributed by atoms with Crippen LogP contribution in [0.2, 0.25) is 0 Å². The number of hydrogen-bond acceptors (Lipinski definition) is 3. The van der Waals surface area contributed by atoms with Crippen LogP contribution in [0.1, 0.15) is 25.3 Å². The molecule has 4 heteroatoms. The third kappa shape index (κ3) is 2.82. The molecule has 1 aromatic carbocycles. The number of aliphatic hydroxyl groups is 1. The molecule has 2 N–H and O–H groups in total. The molecule has 1 aliphatic rings. The zero-order chi connectivity index (χ0) is 12.3. The van der Waals surface area contributed by atoms with E-state index in [0.717, 1.165) is 29.8 Å². The van der Waals surface area contributed by atoms with Gasteiger partial charge in [0.2, 0.25) is 5.91 Å². The van der Waals surface area contributed by atoms with E-state index in [1.807, 2.05) is 25.1 Å². The van der Waals surface area contributed by atoms with E-state index >= 15 is 0 Å². The maximum Gasteiger partial charge on any atom is 0.240 e. The average Bonchev–Trinajstić information content (AvgIpc) is 2.78. The zero-order valence-electron chi connectivity index (χ0n) is 9.90. The van der Waals surface area contributed by atoms with E-state index in [2.05, 4.69) is 5.32 Å². The maximum absolute atomic E-state index is 12.1. The predicted octanol–water partition coefficient (Wildman–Crippen LogP) is 2.40. The fraction of sp³-hybridized carbons (Fsp3) is 0.462. The molecule has 1 aliphatic heterocycles. The van der Waals surface area contributed by atoms with Gasteiger partial charge in [0.15, 0.2) is 0 Å². The van der Waals surface area contributed by atoms with E-state index in [-0.39, 0.29) is 17.3 Å². The number of anilines is 1. The number of carbonyl (C=O) groups excluding carboxylic acids is 1. The molecule has 0 spiro atoms. The first kappa shape index (κ1) is 12.5. The predicted molar refractivity (Wildman–Crippen MR) is 71.1 cm³/mol. The topological polar surface area (TPSA) is 49.3 Å². The van der Waals surface area contributed by atoms with Crippen LogP contribution in [0.25, 0.3) is 0 Å². The minimum absolute atomic E-state index is 0.00424. The Morgan fingerprint density at radius 1 is 1.59 bits per heavy atom. The van der Waals surface area contributed by atoms with Crippen LogP contribution in [0, 0.1) is 0 Å². The van der Waals surface area contributed by atoms with E-state index in [0.29, 0.717) is 0 Å². The van der Waals surface area contributed by atoms with Crippen molar-refractivity contribution in [3.05, 3.63) is 29.8 Å². The van der Waals surface area contributed by atoms with Gasteiger partial charge in [-0.25, -0.2) is 0 Å². The fourth-order valence-electron chi connectivity index (χ4n) is 1.97. The molecule has 0 bridgehead atoms. The molecular weight excluding hydrogens is 234 g/mol. The van der Waals surface area contributed by atoms with Crippen molar-refractivity contribution in [1.82, 2.24) is 0 Å². The molecule has 0 radical (unpaired) electrons. The lowest BCUT2D eigenvalue weighted by Gasteiger charge is -2.21. The van der Waals surface area contributed by atoms with Gasteiger partial charge in [0, 0.05) is 5.69 Å². The summed E-state index contributed by atoms with van der Waals surface area (Å²) >= 11 is 1.72. The smallest absolute Gasteiger partial charge is 0.240 e. The van der Waals surface area contributed by atoms with Gasteiger partial charge >= 0.3 is 0 Å². The number of carbonyl (C=O) groups is 1. The number of nitrogens with one attached hydrogen (secondary N) is 1. The molecule has 0 saturated carbocycles. The summed E-state index contributed by atoms with van der Waals surface area (Å²) in [5, 5.41) is 12.0. The Kier molecular flexibility index (Phi) is 3.74. The Morgan fingerprint density at radius 2 is 2.41 bits per heavy atom. The average molecular weight is 251 g/mol. The van der Waals surface area contributed by atoms with Crippen LogP contribution in [0.15, 0.2) is 24.3 Å². The maximum atomic E-state index is 12.1. The number of benzene rings is 1. The monoisotopic (exact) mass is 251 g/mol. The van der Waals surface area contributed by atoms with E-state index in [9.17, 15) is 4.79 Å². The molecule has 1 unspecified atom stereocenters. The quantitative estimate of drug-likeness (QED) is 0.867. The van der Waals surface area contributed by atoms with Gasteiger partial charge in [0.25, 0.3) is 0 Å². The van der Waals surface area contributed by atoms with Crippen molar-refractivity contribution in [2.45, 2.75) is 31.1 Å². The third-order valence-electron chi connectivity index (χ3n) is 3.07. The van der Waals surface area contributed by atoms with Crippen molar-refractivity contribution in [1.29, 1.82) is 0 Å². The summed E-state index contributed by atoms with van der Waals surface area (Å²) in [6.45, 7) is 1.99. The molecule has 17 heavy (non-hydrogen) atoms. The highest BCUT2D eigenvalue weighted by atomic mass is 32.2. The van der Waals surface area contributed by atoms with Gasteiger partial charge in [-0.3, -0.25) is 4.79 Å². The Hall–Kier alpha value is -1.00. The largest absolute Gasteiger partial charge is 0.392 e. The van der Waals surface area contributed by atoms with Crippen molar-refractivity contribution in [2.24, 2.45) is 0 Å². The van der Waals surface area contributed by atoms with Crippen LogP contribution in [0.4, 0.5) is 5.69 Å². The molecule has 2 rings (SSSR count). The molecule has 1 aromatic rings. The molecule has 3 nitrogen and oxygen atoms in total. The minimum atomic E-state index is -0.296. The summed E-state index contributed by atoms with van der Waals surface area (Å²) < 4.78 is -0.296. The van der Waals surface area contributed by atoms with Crippen LogP contribution in [0.5, 0.6) is 0 Å². The number of amides is 1. The van der Waals surface area contributed by atoms with Crippen LogP contribution < -0.4 is 5.32 Å². The molecule has 1 heterocycles. The van der Waals surface area contributed by atoms with E-state index in [1.54, 1.807) is 17.8 Å². The second-order valence-corrected chi connectivity index (χ2v) is 6.09. The first-order valence-electron chi connectivity index (χ1n) is 5.79. The van der Waals surface area contributed by atoms with E-state index < -0.39 is 0 Å². The summed E-state index contributed by atoms with van der Waals surface area (Å²) in [6.07, 6.45) is 2.04. The highest BCUT2D eigenvalue weighted by Gasteiger charge is 2.37. The van der Waals surface area contributed by atoms with Crippen molar-refractivity contribution in [2.75, 3.05) is 11.1 Å². The third-order valence-corrected chi connectivity index (χ3v) is 4.59. The molecule has 0 aromatic heterocycles. The van der Waals surface area contributed by atoms with E-state index in [1.165, 1.54) is 0 Å². The highest BCUT2D eigenvalue weighted by molar-refractivity contribution is 8.01. The van der Waals surface area contributed by atoms with Gasteiger partial charge in [-0.1, -0.05) is 12.1 Å². The zero-order valence-corrected chi connectivity index (χ0v) is 10.7. The van der Waals surface area contributed by atoms with Crippen LogP contribution >= 0.6 is 11.8 Å². The molecule has 1 amide bonds. The summed E-state index contributed by atoms with van der Waals surface area (Å²) in [7, 11) is 0. The van der Waals surface area contributed by atoms with Crippen LogP contribution in [-0.2, 0) is 11.4 Å². The second-order valence-electron chi connectivity index (χ2n) is 4.50. The standard InChI is InChI=1S/C13H17NO2S/c1-13(6-3-7-17-13)12(16)14-11-5-2-4-10(8-11)9-15/h2,4-5,8,15H,3,6-7,9H2,1H3,(H,14,16). The van der Waals surface area contributed by atoms with Crippen molar-refractivity contribution >= 4 is 23.4 Å². The van der Waals surface area contributed by atoms with Gasteiger partial charge in [-0.2, -0.15) is 0 Å². The van der Waals surface area contributed by atoms with Crippen LogP contribution in [-0.4, -0.2) is 21.5 Å². The van der Waals surface area contributed by atoms with Gasteiger partial charge in [-0.15, -0.1) is 11.8 Å². The van der Waals surface area contributed by atoms with Crippen molar-refractivity contribution in [3.63, 3.8) is 0 Å². The molecule has 1 atom stereocenters. The lowest BCUT2D eigenvalue weighted by atomic mass is 10.0. The van der Waals surface area contributed by atoms with Crippen LogP contribution in [0.3, 0.4) is 0 Å². The molecule has 0 aliphatic carbocycles. The SMILES string of the molecule is CC1(C(=O)Nc2cccc(CO)c2)CCCS1. The number of rotatable bonds is 3. The van der Waals surface area contributed by atoms with Crippen molar-refractivity contribution in [3.8, 4) is 0 Å². The van der Waals surface area contributed by atoms with Gasteiger partial charge < -0.3 is 10.4 Å². The lowest BCUT2D eigenvalue weighted by Crippen LogP contribution is -2.34. The van der Waals surface area contributed by atoms with Gasteiger partial charge in [0.05, 0.1) is 11.4 Å². The minimum Gasteiger partial charge on any atom is -0.392 e. The first-order chi connectivity index (χ1) is 8.14. The highest BCUT2D eigenvalue weighted by Crippen LogP contribution is 2.38. The van der Waals surface area contributed by atoms with Gasteiger partial charge in [-0.05, 0) is 43.2 Å². The summed E-state index contributed by atoms with van der Waals surface area (Å²) in [5.41, 5.74) is 1.57. The summed E-state index contributed by atoms with van der Waals surface area (Å²) in [4.78, 5) is 12.1. The Morgan fingerprint density at radius 3 is 3.06 bits per heavy atom. The molecular formula is C13H17NO2S. The fourth-order valence-corrected chi connectivity index (χ4v) is 3.18. The number of hydrogen-bond donors (Lipinski definition) is 2. The Balaban J connectivity index is 2.07. The Labute approximate surface area is 106 Å². The summed E-state index contributed by atoms with van der Waals surface area (Å²) in [5.74, 6) is 1.12. The number of thioether (sulfide) groups is 1. The normalized spacial score (nSPS) is 23.6. The number of aliphatic hydroxyl groups excluding tert-OH is 1.